The van der Waals surface area contributed by atoms with Crippen LogP contribution in [0.1, 0.15) is 26.4 Å². The second-order valence-electron chi connectivity index (χ2n) is 5.86. The number of carbonyl (C=O) groups excluding carboxylic acids is 2. The number of aromatic nitrogens is 2. The number of hydrogen-bond acceptors (Lipinski definition) is 3. The van der Waals surface area contributed by atoms with Crippen LogP contribution in [0.3, 0.4) is 0 Å². The molecule has 132 valence electrons. The van der Waals surface area contributed by atoms with Gasteiger partial charge in [-0.3, -0.25) is 9.59 Å². The zero-order valence-corrected chi connectivity index (χ0v) is 14.3. The SMILES string of the molecule is Cc1ccc(C(=O)Nc2ccc(F)c(NC(=O)c3cncn3C)c2)cc1. The lowest BCUT2D eigenvalue weighted by Gasteiger charge is -2.10. The topological polar surface area (TPSA) is 76.0 Å². The molecule has 1 heterocycles. The highest BCUT2D eigenvalue weighted by molar-refractivity contribution is 6.06. The normalized spacial score (nSPS) is 10.4. The Bertz CT molecular complexity index is 964. The Kier molecular flexibility index (Phi) is 4.79. The third-order valence-corrected chi connectivity index (χ3v) is 3.84. The Hall–Kier alpha value is -3.48. The van der Waals surface area contributed by atoms with E-state index in [1.54, 1.807) is 19.2 Å². The molecule has 0 saturated heterocycles. The Labute approximate surface area is 149 Å². The number of anilines is 2. The van der Waals surface area contributed by atoms with Crippen LogP contribution in [0.5, 0.6) is 0 Å². The summed E-state index contributed by atoms with van der Waals surface area (Å²) in [6.45, 7) is 1.93. The van der Waals surface area contributed by atoms with Crippen molar-refractivity contribution in [2.75, 3.05) is 10.6 Å². The Morgan fingerprint density at radius 1 is 1.04 bits per heavy atom. The van der Waals surface area contributed by atoms with E-state index in [4.69, 9.17) is 0 Å². The van der Waals surface area contributed by atoms with Gasteiger partial charge in [0.25, 0.3) is 11.8 Å². The molecule has 2 amide bonds. The summed E-state index contributed by atoms with van der Waals surface area (Å²) in [5, 5.41) is 5.18. The van der Waals surface area contributed by atoms with Gasteiger partial charge in [0, 0.05) is 18.3 Å². The summed E-state index contributed by atoms with van der Waals surface area (Å²) < 4.78 is 15.6. The van der Waals surface area contributed by atoms with Crippen LogP contribution in [0.25, 0.3) is 0 Å². The highest BCUT2D eigenvalue weighted by atomic mass is 19.1. The predicted molar refractivity (Wildman–Crippen MR) is 96.7 cm³/mol. The van der Waals surface area contributed by atoms with E-state index in [9.17, 15) is 14.0 Å². The number of hydrogen-bond donors (Lipinski definition) is 2. The zero-order chi connectivity index (χ0) is 18.7. The van der Waals surface area contributed by atoms with E-state index >= 15 is 0 Å². The molecule has 0 unspecified atom stereocenters. The molecule has 2 aromatic carbocycles. The molecule has 0 spiro atoms. The zero-order valence-electron chi connectivity index (χ0n) is 14.3. The van der Waals surface area contributed by atoms with Crippen molar-refractivity contribution in [2.45, 2.75) is 6.92 Å². The van der Waals surface area contributed by atoms with E-state index in [1.165, 1.54) is 35.3 Å². The quantitative estimate of drug-likeness (QED) is 0.756. The molecule has 0 aliphatic carbocycles. The molecular formula is C19H17FN4O2. The lowest BCUT2D eigenvalue weighted by atomic mass is 10.1. The summed E-state index contributed by atoms with van der Waals surface area (Å²) in [4.78, 5) is 28.3. The monoisotopic (exact) mass is 352 g/mol. The van der Waals surface area contributed by atoms with Crippen LogP contribution in [0.4, 0.5) is 15.8 Å². The first kappa shape index (κ1) is 17.3. The van der Waals surface area contributed by atoms with Crippen LogP contribution in [0, 0.1) is 12.7 Å². The van der Waals surface area contributed by atoms with Gasteiger partial charge in [-0.25, -0.2) is 9.37 Å². The highest BCUT2D eigenvalue weighted by Crippen LogP contribution is 2.21. The molecule has 26 heavy (non-hydrogen) atoms. The fraction of sp³-hybridized carbons (Fsp3) is 0.105. The van der Waals surface area contributed by atoms with Crippen LogP contribution in [0.2, 0.25) is 0 Å². The van der Waals surface area contributed by atoms with Gasteiger partial charge in [0.15, 0.2) is 0 Å². The van der Waals surface area contributed by atoms with Gasteiger partial charge in [0.2, 0.25) is 0 Å². The Balaban J connectivity index is 1.77. The number of benzene rings is 2. The average molecular weight is 352 g/mol. The van der Waals surface area contributed by atoms with Crippen molar-refractivity contribution in [3.63, 3.8) is 0 Å². The summed E-state index contributed by atoms with van der Waals surface area (Å²) in [6, 6.07) is 11.1. The molecule has 3 aromatic rings. The number of carbonyl (C=O) groups is 2. The summed E-state index contributed by atoms with van der Waals surface area (Å²) in [7, 11) is 1.66. The van der Waals surface area contributed by atoms with Crippen molar-refractivity contribution in [1.82, 2.24) is 9.55 Å². The molecule has 3 rings (SSSR count). The second-order valence-corrected chi connectivity index (χ2v) is 5.86. The van der Waals surface area contributed by atoms with Gasteiger partial charge in [-0.1, -0.05) is 17.7 Å². The van der Waals surface area contributed by atoms with E-state index in [0.29, 0.717) is 16.9 Å². The average Bonchev–Trinajstić information content (AvgIpc) is 3.04. The standard InChI is InChI=1S/C19H17FN4O2/c1-12-3-5-13(6-4-12)18(25)22-14-7-8-15(20)16(9-14)23-19(26)17-10-21-11-24(17)2/h3-11H,1-2H3,(H,22,25)(H,23,26). The minimum atomic E-state index is -0.603. The van der Waals surface area contributed by atoms with E-state index in [-0.39, 0.29) is 11.6 Å². The number of halogens is 1. The minimum absolute atomic E-state index is 0.0297. The number of amides is 2. The Morgan fingerprint density at radius 2 is 1.77 bits per heavy atom. The van der Waals surface area contributed by atoms with Crippen molar-refractivity contribution in [3.8, 4) is 0 Å². The first-order valence-electron chi connectivity index (χ1n) is 7.89. The maximum atomic E-state index is 14.0. The molecule has 6 nitrogen and oxygen atoms in total. The lowest BCUT2D eigenvalue weighted by molar-refractivity contribution is 0.101. The third kappa shape index (κ3) is 3.77. The van der Waals surface area contributed by atoms with Crippen LogP contribution in [-0.4, -0.2) is 21.4 Å². The predicted octanol–water partition coefficient (Wildman–Crippen LogP) is 3.37. The van der Waals surface area contributed by atoms with E-state index < -0.39 is 11.7 Å². The molecule has 7 heteroatoms. The first-order chi connectivity index (χ1) is 12.4. The summed E-state index contributed by atoms with van der Waals surface area (Å²) in [6.07, 6.45) is 2.86. The van der Waals surface area contributed by atoms with Crippen LogP contribution in [0.15, 0.2) is 55.0 Å². The number of nitrogens with one attached hydrogen (secondary N) is 2. The number of aryl methyl sites for hydroxylation is 2. The van der Waals surface area contributed by atoms with Gasteiger partial charge < -0.3 is 15.2 Å². The molecule has 1 aromatic heterocycles. The van der Waals surface area contributed by atoms with Gasteiger partial charge in [-0.15, -0.1) is 0 Å². The smallest absolute Gasteiger partial charge is 0.274 e. The molecular weight excluding hydrogens is 335 g/mol. The largest absolute Gasteiger partial charge is 0.330 e. The molecule has 0 aliphatic rings. The maximum Gasteiger partial charge on any atom is 0.274 e. The summed E-state index contributed by atoms with van der Waals surface area (Å²) >= 11 is 0. The van der Waals surface area contributed by atoms with Crippen molar-refractivity contribution < 1.29 is 14.0 Å². The van der Waals surface area contributed by atoms with Crippen molar-refractivity contribution in [3.05, 3.63) is 77.6 Å². The third-order valence-electron chi connectivity index (χ3n) is 3.84. The number of imidazole rings is 1. The minimum Gasteiger partial charge on any atom is -0.330 e. The van der Waals surface area contributed by atoms with Crippen LogP contribution < -0.4 is 10.6 Å². The lowest BCUT2D eigenvalue weighted by Crippen LogP contribution is -2.17. The van der Waals surface area contributed by atoms with Crippen molar-refractivity contribution in [1.29, 1.82) is 0 Å². The molecule has 0 aliphatic heterocycles. The fourth-order valence-electron chi connectivity index (χ4n) is 2.37. The van der Waals surface area contributed by atoms with E-state index in [0.717, 1.165) is 5.56 Å². The van der Waals surface area contributed by atoms with Crippen LogP contribution >= 0.6 is 0 Å². The van der Waals surface area contributed by atoms with Gasteiger partial charge in [0.1, 0.15) is 11.5 Å². The van der Waals surface area contributed by atoms with Crippen LogP contribution in [-0.2, 0) is 7.05 Å². The Morgan fingerprint density at radius 3 is 2.42 bits per heavy atom. The van der Waals surface area contributed by atoms with Crippen molar-refractivity contribution in [2.24, 2.45) is 7.05 Å². The van der Waals surface area contributed by atoms with Crippen molar-refractivity contribution >= 4 is 23.2 Å². The summed E-state index contributed by atoms with van der Waals surface area (Å²) in [5.74, 6) is -1.42. The highest BCUT2D eigenvalue weighted by Gasteiger charge is 2.14. The van der Waals surface area contributed by atoms with Gasteiger partial charge in [-0.05, 0) is 37.3 Å². The molecule has 2 N–H and O–H groups in total. The fourth-order valence-corrected chi connectivity index (χ4v) is 2.37. The molecule has 0 atom stereocenters. The molecule has 0 saturated carbocycles. The molecule has 0 fully saturated rings. The van der Waals surface area contributed by atoms with E-state index in [2.05, 4.69) is 15.6 Å². The first-order valence-corrected chi connectivity index (χ1v) is 7.89. The molecule has 0 radical (unpaired) electrons. The van der Waals surface area contributed by atoms with Gasteiger partial charge in [0.05, 0.1) is 18.2 Å². The maximum absolute atomic E-state index is 14.0. The second kappa shape index (κ2) is 7.18. The molecule has 0 bridgehead atoms. The summed E-state index contributed by atoms with van der Waals surface area (Å²) in [5.41, 5.74) is 2.16. The number of nitrogens with zero attached hydrogens (tertiary/aromatic N) is 2. The van der Waals surface area contributed by atoms with Gasteiger partial charge >= 0.3 is 0 Å². The number of rotatable bonds is 4. The van der Waals surface area contributed by atoms with Gasteiger partial charge in [-0.2, -0.15) is 0 Å². The van der Waals surface area contributed by atoms with E-state index in [1.807, 2.05) is 19.1 Å².